The van der Waals surface area contributed by atoms with Crippen molar-refractivity contribution in [3.05, 3.63) is 57.2 Å². The molecule has 1 amide bonds. The van der Waals surface area contributed by atoms with Crippen LogP contribution in [0.15, 0.2) is 50.8 Å². The number of nitrogens with one attached hydrogen (secondary N) is 1. The van der Waals surface area contributed by atoms with Crippen LogP contribution in [0.25, 0.3) is 6.08 Å². The predicted molar refractivity (Wildman–Crippen MR) is 104 cm³/mol. The second kappa shape index (κ2) is 7.92. The molecule has 0 spiro atoms. The lowest BCUT2D eigenvalue weighted by molar-refractivity contribution is -0.115. The van der Waals surface area contributed by atoms with Crippen molar-refractivity contribution in [2.24, 2.45) is 4.99 Å². The fourth-order valence-electron chi connectivity index (χ4n) is 2.25. The van der Waals surface area contributed by atoms with Crippen LogP contribution in [0.2, 0.25) is 0 Å². The summed E-state index contributed by atoms with van der Waals surface area (Å²) in [5.41, 5.74) is 1.28. The van der Waals surface area contributed by atoms with Gasteiger partial charge in [0.15, 0.2) is 5.17 Å². The van der Waals surface area contributed by atoms with Crippen LogP contribution in [-0.2, 0) is 4.79 Å². The summed E-state index contributed by atoms with van der Waals surface area (Å²) in [4.78, 5) is 17.0. The summed E-state index contributed by atoms with van der Waals surface area (Å²) in [6.07, 6.45) is 1.72. The lowest BCUT2D eigenvalue weighted by Crippen LogP contribution is -2.19. The van der Waals surface area contributed by atoms with Gasteiger partial charge < -0.3 is 14.8 Å². The fourth-order valence-corrected chi connectivity index (χ4v) is 3.61. The molecule has 26 heavy (non-hydrogen) atoms. The number of aliphatic imine (C=N–C) groups is 1. The van der Waals surface area contributed by atoms with E-state index in [1.54, 1.807) is 38.5 Å². The molecule has 3 rings (SSSR count). The Hall–Kier alpha value is -2.32. The first kappa shape index (κ1) is 18.5. The minimum Gasteiger partial charge on any atom is -0.496 e. The van der Waals surface area contributed by atoms with Crippen molar-refractivity contribution >= 4 is 50.5 Å². The number of halogens is 2. The van der Waals surface area contributed by atoms with E-state index in [1.165, 1.54) is 23.9 Å². The molecule has 1 aliphatic rings. The summed E-state index contributed by atoms with van der Waals surface area (Å²) in [7, 11) is 3.12. The van der Waals surface area contributed by atoms with Crippen LogP contribution < -0.4 is 14.8 Å². The molecule has 1 N–H and O–H groups in total. The topological polar surface area (TPSA) is 59.9 Å². The van der Waals surface area contributed by atoms with E-state index < -0.39 is 0 Å². The summed E-state index contributed by atoms with van der Waals surface area (Å²) >= 11 is 4.63. The molecule has 1 saturated heterocycles. The van der Waals surface area contributed by atoms with Gasteiger partial charge in [-0.3, -0.25) is 4.79 Å². The zero-order chi connectivity index (χ0) is 18.7. The Bertz CT molecular complexity index is 913. The van der Waals surface area contributed by atoms with Crippen LogP contribution in [0, 0.1) is 5.82 Å². The summed E-state index contributed by atoms with van der Waals surface area (Å²) < 4.78 is 24.3. The van der Waals surface area contributed by atoms with Gasteiger partial charge >= 0.3 is 0 Å². The summed E-state index contributed by atoms with van der Waals surface area (Å²) in [5.74, 6) is 0.612. The molecule has 0 radical (unpaired) electrons. The third kappa shape index (κ3) is 4.08. The number of hydrogen-bond acceptors (Lipinski definition) is 5. The van der Waals surface area contributed by atoms with Crippen molar-refractivity contribution in [2.45, 2.75) is 0 Å². The number of rotatable bonds is 4. The van der Waals surface area contributed by atoms with Crippen molar-refractivity contribution in [3.8, 4) is 11.5 Å². The van der Waals surface area contributed by atoms with Gasteiger partial charge in [0.1, 0.15) is 17.3 Å². The van der Waals surface area contributed by atoms with Crippen LogP contribution in [0.5, 0.6) is 11.5 Å². The van der Waals surface area contributed by atoms with Crippen LogP contribution in [0.4, 0.5) is 10.1 Å². The lowest BCUT2D eigenvalue weighted by atomic mass is 10.1. The molecule has 134 valence electrons. The maximum atomic E-state index is 13.0. The third-order valence-corrected chi connectivity index (χ3v) is 5.03. The van der Waals surface area contributed by atoms with E-state index in [0.29, 0.717) is 27.3 Å². The monoisotopic (exact) mass is 436 g/mol. The maximum absolute atomic E-state index is 13.0. The lowest BCUT2D eigenvalue weighted by Gasteiger charge is -2.10. The zero-order valence-corrected chi connectivity index (χ0v) is 16.3. The maximum Gasteiger partial charge on any atom is 0.264 e. The highest BCUT2D eigenvalue weighted by atomic mass is 79.9. The Morgan fingerprint density at radius 3 is 2.50 bits per heavy atom. The Kier molecular flexibility index (Phi) is 5.63. The van der Waals surface area contributed by atoms with Crippen LogP contribution >= 0.6 is 27.7 Å². The molecule has 0 atom stereocenters. The van der Waals surface area contributed by atoms with Gasteiger partial charge in [0.2, 0.25) is 0 Å². The number of amides is 1. The Balaban J connectivity index is 1.89. The zero-order valence-electron chi connectivity index (χ0n) is 13.9. The van der Waals surface area contributed by atoms with E-state index in [2.05, 4.69) is 26.2 Å². The summed E-state index contributed by atoms with van der Waals surface area (Å²) in [5, 5.41) is 3.13. The number of methoxy groups -OCH3 is 2. The first-order valence-corrected chi connectivity index (χ1v) is 9.08. The predicted octanol–water partition coefficient (Wildman–Crippen LogP) is 4.50. The fraction of sp³-hybridized carbons (Fsp3) is 0.111. The second-order valence-corrected chi connectivity index (χ2v) is 7.07. The van der Waals surface area contributed by atoms with Gasteiger partial charge in [0.05, 0.1) is 29.3 Å². The molecule has 2 aromatic rings. The summed E-state index contributed by atoms with van der Waals surface area (Å²) in [6, 6.07) is 9.27. The van der Waals surface area contributed by atoms with E-state index in [1.807, 2.05) is 6.07 Å². The molecule has 1 heterocycles. The Labute approximate surface area is 162 Å². The van der Waals surface area contributed by atoms with E-state index >= 15 is 0 Å². The number of ether oxygens (including phenoxy) is 2. The van der Waals surface area contributed by atoms with Crippen molar-refractivity contribution in [3.63, 3.8) is 0 Å². The summed E-state index contributed by atoms with van der Waals surface area (Å²) in [6.45, 7) is 0. The standard InChI is InChI=1S/C18H14BrFN2O3S/c1-24-14-9-15(25-2)13(19)7-10(14)8-16-17(23)22-18(26-16)21-12-5-3-11(20)4-6-12/h3-9H,1-2H3,(H,21,22,23). The number of hydrogen-bond donors (Lipinski definition) is 1. The highest BCUT2D eigenvalue weighted by molar-refractivity contribution is 9.10. The average Bonchev–Trinajstić information content (AvgIpc) is 2.96. The van der Waals surface area contributed by atoms with Crippen LogP contribution in [0.3, 0.4) is 0 Å². The SMILES string of the molecule is COc1cc(OC)c(C=C2SC(=Nc3ccc(F)cc3)NC2=O)cc1Br. The van der Waals surface area contributed by atoms with Gasteiger partial charge in [0.25, 0.3) is 5.91 Å². The number of carbonyl (C=O) groups is 1. The molecule has 1 aliphatic heterocycles. The molecule has 8 heteroatoms. The highest BCUT2D eigenvalue weighted by Crippen LogP contribution is 2.36. The quantitative estimate of drug-likeness (QED) is 0.716. The minimum atomic E-state index is -0.338. The minimum absolute atomic E-state index is 0.259. The molecule has 0 aliphatic carbocycles. The molecular weight excluding hydrogens is 423 g/mol. The molecule has 2 aromatic carbocycles. The molecule has 5 nitrogen and oxygen atoms in total. The number of nitrogens with zero attached hydrogens (tertiary/aromatic N) is 1. The number of thioether (sulfide) groups is 1. The Morgan fingerprint density at radius 1 is 1.15 bits per heavy atom. The molecule has 0 saturated carbocycles. The van der Waals surface area contributed by atoms with Crippen molar-refractivity contribution in [2.75, 3.05) is 14.2 Å². The van der Waals surface area contributed by atoms with Gasteiger partial charge in [0, 0.05) is 11.6 Å². The van der Waals surface area contributed by atoms with Gasteiger partial charge in [-0.05, 0) is 64.1 Å². The molecule has 0 unspecified atom stereocenters. The van der Waals surface area contributed by atoms with Crippen molar-refractivity contribution in [1.82, 2.24) is 5.32 Å². The number of benzene rings is 2. The molecule has 0 bridgehead atoms. The van der Waals surface area contributed by atoms with Gasteiger partial charge in [-0.1, -0.05) is 0 Å². The molecule has 0 aromatic heterocycles. The van der Waals surface area contributed by atoms with E-state index in [0.717, 1.165) is 10.0 Å². The first-order chi connectivity index (χ1) is 12.5. The van der Waals surface area contributed by atoms with E-state index in [4.69, 9.17) is 9.47 Å². The first-order valence-electron chi connectivity index (χ1n) is 7.47. The third-order valence-electron chi connectivity index (χ3n) is 3.50. The number of amidine groups is 1. The molecule has 1 fully saturated rings. The second-order valence-electron chi connectivity index (χ2n) is 5.19. The Morgan fingerprint density at radius 2 is 1.85 bits per heavy atom. The molecular formula is C18H14BrFN2O3S. The van der Waals surface area contributed by atoms with Gasteiger partial charge in [-0.15, -0.1) is 0 Å². The van der Waals surface area contributed by atoms with Crippen LogP contribution in [-0.4, -0.2) is 25.3 Å². The van der Waals surface area contributed by atoms with Crippen molar-refractivity contribution in [1.29, 1.82) is 0 Å². The van der Waals surface area contributed by atoms with Crippen LogP contribution in [0.1, 0.15) is 5.56 Å². The smallest absolute Gasteiger partial charge is 0.264 e. The van der Waals surface area contributed by atoms with E-state index in [-0.39, 0.29) is 11.7 Å². The van der Waals surface area contributed by atoms with Crippen molar-refractivity contribution < 1.29 is 18.7 Å². The average molecular weight is 437 g/mol. The number of carbonyl (C=O) groups excluding carboxylic acids is 1. The van der Waals surface area contributed by atoms with E-state index in [9.17, 15) is 9.18 Å². The normalized spacial score (nSPS) is 16.8. The van der Waals surface area contributed by atoms with Gasteiger partial charge in [-0.25, -0.2) is 9.38 Å². The highest BCUT2D eigenvalue weighted by Gasteiger charge is 2.24. The largest absolute Gasteiger partial charge is 0.496 e. The van der Waals surface area contributed by atoms with Gasteiger partial charge in [-0.2, -0.15) is 0 Å².